The van der Waals surface area contributed by atoms with E-state index in [0.717, 1.165) is 5.56 Å². The Kier molecular flexibility index (Phi) is 11.1. The zero-order valence-electron chi connectivity index (χ0n) is 18.8. The number of ether oxygens (including phenoxy) is 2. The molecule has 9 nitrogen and oxygen atoms in total. The fourth-order valence-corrected chi connectivity index (χ4v) is 3.16. The monoisotopic (exact) mass is 460 g/mol. The summed E-state index contributed by atoms with van der Waals surface area (Å²) in [4.78, 5) is 49.9. The highest BCUT2D eigenvalue weighted by Gasteiger charge is 2.29. The number of allylic oxidation sites excluding steroid dienone is 2. The zero-order valence-corrected chi connectivity index (χ0v) is 18.8. The van der Waals surface area contributed by atoms with Crippen LogP contribution in [-0.4, -0.2) is 54.2 Å². The molecular formula is C24H32N2O7. The maximum absolute atomic E-state index is 13.0. The predicted molar refractivity (Wildman–Crippen MR) is 120 cm³/mol. The smallest absolute Gasteiger partial charge is 0.332 e. The molecule has 0 aliphatic carbocycles. The highest BCUT2D eigenvalue weighted by Crippen LogP contribution is 2.13. The van der Waals surface area contributed by atoms with E-state index in [1.165, 1.54) is 0 Å². The van der Waals surface area contributed by atoms with E-state index < -0.39 is 35.8 Å². The third kappa shape index (κ3) is 9.86. The van der Waals surface area contributed by atoms with Crippen molar-refractivity contribution in [1.29, 1.82) is 0 Å². The van der Waals surface area contributed by atoms with Crippen molar-refractivity contribution in [3.8, 4) is 0 Å². The van der Waals surface area contributed by atoms with Crippen LogP contribution in [0.3, 0.4) is 0 Å². The summed E-state index contributed by atoms with van der Waals surface area (Å²) in [5.41, 5.74) is 0.775. The van der Waals surface area contributed by atoms with Gasteiger partial charge in [-0.1, -0.05) is 42.5 Å². The number of cyclic esters (lactones) is 1. The van der Waals surface area contributed by atoms with E-state index in [0.29, 0.717) is 12.8 Å². The summed E-state index contributed by atoms with van der Waals surface area (Å²) < 4.78 is 10.5. The molecule has 0 saturated carbocycles. The molecule has 0 fully saturated rings. The molecule has 1 aromatic carbocycles. The van der Waals surface area contributed by atoms with Gasteiger partial charge in [-0.3, -0.25) is 14.4 Å². The number of esters is 2. The lowest BCUT2D eigenvalue weighted by Crippen LogP contribution is -2.48. The van der Waals surface area contributed by atoms with Crippen LogP contribution in [-0.2, 0) is 35.3 Å². The number of aliphatic hydroxyl groups is 1. The standard InChI is InChI=1S/C24H32N2O7/c1-17(14-27)25-21(28)13-19-11-7-2-3-8-12-22(29)32-16-20(26-23(19)30)24(31)33-15-18-9-5-4-6-10-18/h2,4-7,9-10,17,19-20,27H,3,8,11-16H2,1H3,(H,25,28)(H,26,30)/t17-,19-,20-/m1/s1. The van der Waals surface area contributed by atoms with Gasteiger partial charge < -0.3 is 25.2 Å². The summed E-state index contributed by atoms with van der Waals surface area (Å²) >= 11 is 0. The van der Waals surface area contributed by atoms with Crippen LogP contribution in [0.2, 0.25) is 0 Å². The Bertz CT molecular complexity index is 825. The second kappa shape index (κ2) is 14.1. The lowest BCUT2D eigenvalue weighted by molar-refractivity contribution is -0.155. The van der Waals surface area contributed by atoms with Gasteiger partial charge in [0.1, 0.15) is 13.2 Å². The quantitative estimate of drug-likeness (QED) is 0.414. The molecule has 33 heavy (non-hydrogen) atoms. The highest BCUT2D eigenvalue weighted by molar-refractivity contribution is 5.89. The second-order valence-electron chi connectivity index (χ2n) is 7.99. The lowest BCUT2D eigenvalue weighted by atomic mass is 9.98. The summed E-state index contributed by atoms with van der Waals surface area (Å²) in [7, 11) is 0. The molecule has 0 aromatic heterocycles. The Morgan fingerprint density at radius 2 is 2.00 bits per heavy atom. The maximum atomic E-state index is 13.0. The van der Waals surface area contributed by atoms with Crippen molar-refractivity contribution in [3.63, 3.8) is 0 Å². The van der Waals surface area contributed by atoms with Crippen molar-refractivity contribution in [1.82, 2.24) is 10.6 Å². The van der Waals surface area contributed by atoms with E-state index in [1.807, 2.05) is 24.3 Å². The normalized spacial score (nSPS) is 20.8. The lowest BCUT2D eigenvalue weighted by Gasteiger charge is -2.21. The number of hydrogen-bond acceptors (Lipinski definition) is 7. The zero-order chi connectivity index (χ0) is 24.1. The fourth-order valence-electron chi connectivity index (χ4n) is 3.16. The Morgan fingerprint density at radius 1 is 1.24 bits per heavy atom. The number of nitrogens with one attached hydrogen (secondary N) is 2. The van der Waals surface area contributed by atoms with Gasteiger partial charge in [0.05, 0.1) is 12.5 Å². The van der Waals surface area contributed by atoms with Gasteiger partial charge in [0.2, 0.25) is 11.8 Å². The number of carbonyl (C=O) groups excluding carboxylic acids is 4. The van der Waals surface area contributed by atoms with Crippen LogP contribution in [0, 0.1) is 5.92 Å². The van der Waals surface area contributed by atoms with Crippen molar-refractivity contribution in [2.75, 3.05) is 13.2 Å². The molecule has 0 saturated heterocycles. The van der Waals surface area contributed by atoms with Gasteiger partial charge in [0.15, 0.2) is 6.04 Å². The average Bonchev–Trinajstić information content (AvgIpc) is 2.82. The van der Waals surface area contributed by atoms with Crippen LogP contribution >= 0.6 is 0 Å². The van der Waals surface area contributed by atoms with E-state index >= 15 is 0 Å². The van der Waals surface area contributed by atoms with E-state index in [-0.39, 0.29) is 45.0 Å². The van der Waals surface area contributed by atoms with Crippen molar-refractivity contribution < 1.29 is 33.8 Å². The number of benzene rings is 1. The van der Waals surface area contributed by atoms with Gasteiger partial charge in [-0.25, -0.2) is 4.79 Å². The number of amides is 2. The first-order valence-corrected chi connectivity index (χ1v) is 11.1. The molecule has 0 bridgehead atoms. The number of aliphatic hydroxyl groups excluding tert-OH is 1. The van der Waals surface area contributed by atoms with E-state index in [4.69, 9.17) is 14.6 Å². The molecule has 0 spiro atoms. The molecule has 2 rings (SSSR count). The van der Waals surface area contributed by atoms with Gasteiger partial charge >= 0.3 is 11.9 Å². The van der Waals surface area contributed by atoms with Crippen LogP contribution in [0.4, 0.5) is 0 Å². The van der Waals surface area contributed by atoms with Crippen LogP contribution in [0.15, 0.2) is 42.5 Å². The molecular weight excluding hydrogens is 428 g/mol. The summed E-state index contributed by atoms with van der Waals surface area (Å²) in [6.45, 7) is 1.08. The Morgan fingerprint density at radius 3 is 2.73 bits per heavy atom. The topological polar surface area (TPSA) is 131 Å². The minimum absolute atomic E-state index is 0.00755. The molecule has 180 valence electrons. The minimum atomic E-state index is -1.20. The van der Waals surface area contributed by atoms with Crippen molar-refractivity contribution >= 4 is 23.8 Å². The fraction of sp³-hybridized carbons (Fsp3) is 0.500. The minimum Gasteiger partial charge on any atom is -0.463 e. The average molecular weight is 461 g/mol. The third-order valence-corrected chi connectivity index (χ3v) is 5.06. The molecule has 3 atom stereocenters. The largest absolute Gasteiger partial charge is 0.463 e. The van der Waals surface area contributed by atoms with Gasteiger partial charge in [-0.15, -0.1) is 0 Å². The van der Waals surface area contributed by atoms with Gasteiger partial charge in [0.25, 0.3) is 0 Å². The van der Waals surface area contributed by atoms with Crippen molar-refractivity contribution in [2.24, 2.45) is 5.92 Å². The Hall–Kier alpha value is -3.20. The Labute approximate surface area is 193 Å². The summed E-state index contributed by atoms with van der Waals surface area (Å²) in [6, 6.07) is 7.42. The van der Waals surface area contributed by atoms with Crippen LogP contribution in [0.5, 0.6) is 0 Å². The van der Waals surface area contributed by atoms with E-state index in [2.05, 4.69) is 10.6 Å². The summed E-state index contributed by atoms with van der Waals surface area (Å²) in [5.74, 6) is -2.85. The summed E-state index contributed by atoms with van der Waals surface area (Å²) in [6.07, 6.45) is 5.19. The van der Waals surface area contributed by atoms with E-state index in [9.17, 15) is 19.2 Å². The van der Waals surface area contributed by atoms with Gasteiger partial charge in [-0.05, 0) is 31.7 Å². The molecule has 1 heterocycles. The number of rotatable bonds is 7. The molecule has 2 amide bonds. The molecule has 1 aromatic rings. The molecule has 1 aliphatic heterocycles. The first kappa shape index (κ1) is 26.1. The first-order chi connectivity index (χ1) is 15.9. The highest BCUT2D eigenvalue weighted by atomic mass is 16.6. The van der Waals surface area contributed by atoms with Crippen LogP contribution < -0.4 is 10.6 Å². The summed E-state index contributed by atoms with van der Waals surface area (Å²) in [5, 5.41) is 14.3. The maximum Gasteiger partial charge on any atom is 0.332 e. The number of carbonyl (C=O) groups is 4. The first-order valence-electron chi connectivity index (χ1n) is 11.1. The molecule has 3 N–H and O–H groups in total. The predicted octanol–water partition coefficient (Wildman–Crippen LogP) is 1.39. The third-order valence-electron chi connectivity index (χ3n) is 5.06. The van der Waals surface area contributed by atoms with E-state index in [1.54, 1.807) is 25.1 Å². The van der Waals surface area contributed by atoms with Crippen molar-refractivity contribution in [3.05, 3.63) is 48.0 Å². The second-order valence-corrected chi connectivity index (χ2v) is 7.99. The molecule has 0 unspecified atom stereocenters. The molecule has 1 aliphatic rings. The van der Waals surface area contributed by atoms with Gasteiger partial charge in [0, 0.05) is 18.9 Å². The van der Waals surface area contributed by atoms with Crippen LogP contribution in [0.25, 0.3) is 0 Å². The molecule has 9 heteroatoms. The van der Waals surface area contributed by atoms with Crippen LogP contribution in [0.1, 0.15) is 44.6 Å². The number of hydrogen-bond donors (Lipinski definition) is 3. The van der Waals surface area contributed by atoms with Gasteiger partial charge in [-0.2, -0.15) is 0 Å². The molecule has 0 radical (unpaired) electrons. The Balaban J connectivity index is 2.10. The SMILES string of the molecule is C[C@H](CO)NC(=O)C[C@H]1CC=CCCCC(=O)OC[C@H](C(=O)OCc2ccccc2)NC1=O. The van der Waals surface area contributed by atoms with Crippen molar-refractivity contribution in [2.45, 2.75) is 57.7 Å².